The molecule has 0 saturated heterocycles. The van der Waals surface area contributed by atoms with Crippen molar-refractivity contribution >= 4 is 29.6 Å². The van der Waals surface area contributed by atoms with Crippen molar-refractivity contribution in [2.24, 2.45) is 4.99 Å². The molecule has 0 bridgehead atoms. The second-order valence-corrected chi connectivity index (χ2v) is 13.3. The molecule has 2 N–H and O–H groups in total. The lowest BCUT2D eigenvalue weighted by Crippen LogP contribution is -2.48. The van der Waals surface area contributed by atoms with Gasteiger partial charge in [0.2, 0.25) is 5.90 Å². The summed E-state index contributed by atoms with van der Waals surface area (Å²) in [7, 11) is 0. The summed E-state index contributed by atoms with van der Waals surface area (Å²) in [5.74, 6) is 1.95. The topological polar surface area (TPSA) is 80.2 Å². The number of benzene rings is 5. The SMILES string of the molecule is O=C(NCCSCc1ccc(F)cc1)[C@]1(C/C=C/c2ccccc2)N=C(c2ccc(OCCCO)cc2)O[C@@H]1c1ccc(-c2ccccc2)cc1. The van der Waals surface area contributed by atoms with Crippen LogP contribution in [-0.2, 0) is 15.3 Å². The first-order valence-corrected chi connectivity index (χ1v) is 18.3. The average Bonchev–Trinajstić information content (AvgIpc) is 3.57. The van der Waals surface area contributed by atoms with Gasteiger partial charge in [-0.25, -0.2) is 9.38 Å². The second-order valence-electron chi connectivity index (χ2n) is 12.2. The van der Waals surface area contributed by atoms with Gasteiger partial charge in [0.1, 0.15) is 11.6 Å². The Bertz CT molecular complexity index is 1900. The van der Waals surface area contributed by atoms with E-state index in [-0.39, 0.29) is 18.3 Å². The summed E-state index contributed by atoms with van der Waals surface area (Å²) in [6.07, 6.45) is 4.14. The van der Waals surface area contributed by atoms with E-state index in [2.05, 4.69) is 29.6 Å². The number of nitrogens with one attached hydrogen (secondary N) is 1. The molecule has 6 nitrogen and oxygen atoms in total. The van der Waals surface area contributed by atoms with E-state index in [4.69, 9.17) is 19.6 Å². The molecule has 0 radical (unpaired) electrons. The molecule has 2 atom stereocenters. The van der Waals surface area contributed by atoms with Gasteiger partial charge < -0.3 is 19.9 Å². The van der Waals surface area contributed by atoms with E-state index in [9.17, 15) is 9.18 Å². The fourth-order valence-electron chi connectivity index (χ4n) is 5.90. The van der Waals surface area contributed by atoms with Crippen LogP contribution in [0.25, 0.3) is 17.2 Å². The lowest BCUT2D eigenvalue weighted by atomic mass is 9.83. The first kappa shape index (κ1) is 35.6. The number of halogens is 1. The third-order valence-electron chi connectivity index (χ3n) is 8.60. The number of aliphatic imine (C=N–C) groups is 1. The Morgan fingerprint density at radius 2 is 1.53 bits per heavy atom. The third-order valence-corrected chi connectivity index (χ3v) is 9.63. The van der Waals surface area contributed by atoms with Gasteiger partial charge >= 0.3 is 0 Å². The molecule has 0 aromatic heterocycles. The van der Waals surface area contributed by atoms with Crippen molar-refractivity contribution in [3.8, 4) is 16.9 Å². The number of nitrogens with zero attached hydrogens (tertiary/aromatic N) is 1. The standard InChI is InChI=1S/C43H41FN2O4S/c44-38-22-14-33(15-23-38)31-51-30-27-45-42(48)43(26-7-11-32-9-3-1-4-10-32)40(36-18-16-35(17-19-36)34-12-5-2-6-13-34)50-41(46-43)37-20-24-39(25-21-37)49-29-8-28-47/h1-7,9-25,40,47H,8,26-31H2,(H,45,48)/b11-7+/t40-,43-/m1/s1. The zero-order chi connectivity index (χ0) is 35.3. The highest BCUT2D eigenvalue weighted by Gasteiger charge is 2.52. The minimum absolute atomic E-state index is 0.0618. The molecule has 1 aliphatic heterocycles. The molecular weight excluding hydrogens is 660 g/mol. The first-order chi connectivity index (χ1) is 25.0. The van der Waals surface area contributed by atoms with Crippen molar-refractivity contribution in [3.63, 3.8) is 0 Å². The molecule has 0 spiro atoms. The molecular formula is C43H41FN2O4S. The van der Waals surface area contributed by atoms with Crippen LogP contribution < -0.4 is 10.1 Å². The summed E-state index contributed by atoms with van der Waals surface area (Å²) >= 11 is 1.67. The normalized spacial score (nSPS) is 16.8. The Balaban J connectivity index is 1.30. The third kappa shape index (κ3) is 9.34. The van der Waals surface area contributed by atoms with Gasteiger partial charge in [0.15, 0.2) is 11.6 Å². The molecule has 1 heterocycles. The average molecular weight is 701 g/mol. The van der Waals surface area contributed by atoms with Gasteiger partial charge in [-0.05, 0) is 64.2 Å². The van der Waals surface area contributed by atoms with Gasteiger partial charge in [0, 0.05) is 43.1 Å². The summed E-state index contributed by atoms with van der Waals surface area (Å²) < 4.78 is 25.8. The van der Waals surface area contributed by atoms with E-state index in [0.717, 1.165) is 33.4 Å². The Morgan fingerprint density at radius 1 is 0.863 bits per heavy atom. The largest absolute Gasteiger partial charge is 0.494 e. The number of aliphatic hydroxyl groups is 1. The molecule has 1 amide bonds. The molecule has 1 aliphatic rings. The van der Waals surface area contributed by atoms with Crippen molar-refractivity contribution in [3.05, 3.63) is 168 Å². The number of ether oxygens (including phenoxy) is 2. The lowest BCUT2D eigenvalue weighted by Gasteiger charge is -2.30. The summed E-state index contributed by atoms with van der Waals surface area (Å²) in [6.45, 7) is 0.902. The monoisotopic (exact) mass is 700 g/mol. The van der Waals surface area contributed by atoms with Crippen LogP contribution in [0.1, 0.15) is 41.2 Å². The molecule has 0 unspecified atom stereocenters. The molecule has 0 aliphatic carbocycles. The van der Waals surface area contributed by atoms with Crippen molar-refractivity contribution in [2.75, 3.05) is 25.5 Å². The number of carbonyl (C=O) groups is 1. The number of hydrogen-bond acceptors (Lipinski definition) is 6. The Morgan fingerprint density at radius 3 is 2.24 bits per heavy atom. The fourth-order valence-corrected chi connectivity index (χ4v) is 6.71. The molecule has 8 heteroatoms. The van der Waals surface area contributed by atoms with Gasteiger partial charge in [-0.15, -0.1) is 0 Å². The molecule has 260 valence electrons. The molecule has 5 aromatic carbocycles. The highest BCUT2D eigenvalue weighted by atomic mass is 32.2. The number of rotatable bonds is 16. The minimum Gasteiger partial charge on any atom is -0.494 e. The second kappa shape index (κ2) is 17.7. The van der Waals surface area contributed by atoms with E-state index in [0.29, 0.717) is 49.1 Å². The van der Waals surface area contributed by atoms with Crippen LogP contribution in [0.5, 0.6) is 5.75 Å². The van der Waals surface area contributed by atoms with Crippen LogP contribution in [0.3, 0.4) is 0 Å². The number of thioether (sulfide) groups is 1. The highest BCUT2D eigenvalue weighted by Crippen LogP contribution is 2.43. The van der Waals surface area contributed by atoms with Crippen LogP contribution in [0.15, 0.2) is 145 Å². The van der Waals surface area contributed by atoms with Crippen LogP contribution in [-0.4, -0.2) is 48.0 Å². The van der Waals surface area contributed by atoms with Gasteiger partial charge in [0.25, 0.3) is 5.91 Å². The quantitative estimate of drug-likeness (QED) is 0.101. The van der Waals surface area contributed by atoms with E-state index in [1.54, 1.807) is 23.9 Å². The molecule has 0 fully saturated rings. The summed E-state index contributed by atoms with van der Waals surface area (Å²) in [6, 6.07) is 42.2. The predicted octanol–water partition coefficient (Wildman–Crippen LogP) is 8.66. The van der Waals surface area contributed by atoms with Crippen molar-refractivity contribution < 1.29 is 23.8 Å². The molecule has 51 heavy (non-hydrogen) atoms. The van der Waals surface area contributed by atoms with Crippen molar-refractivity contribution in [1.82, 2.24) is 5.32 Å². The lowest BCUT2D eigenvalue weighted by molar-refractivity contribution is -0.128. The Kier molecular flexibility index (Phi) is 12.3. The minimum atomic E-state index is -1.30. The van der Waals surface area contributed by atoms with Gasteiger partial charge in [-0.1, -0.05) is 109 Å². The zero-order valence-corrected chi connectivity index (χ0v) is 29.1. The van der Waals surface area contributed by atoms with Gasteiger partial charge in [-0.2, -0.15) is 11.8 Å². The van der Waals surface area contributed by atoms with Crippen molar-refractivity contribution in [2.45, 2.75) is 30.2 Å². The maximum atomic E-state index is 14.5. The van der Waals surface area contributed by atoms with E-state index in [1.807, 2.05) is 97.1 Å². The summed E-state index contributed by atoms with van der Waals surface area (Å²) in [4.78, 5) is 19.6. The number of aliphatic hydroxyl groups excluding tert-OH is 1. The predicted molar refractivity (Wildman–Crippen MR) is 204 cm³/mol. The first-order valence-electron chi connectivity index (χ1n) is 17.1. The smallest absolute Gasteiger partial charge is 0.252 e. The van der Waals surface area contributed by atoms with Crippen LogP contribution in [0, 0.1) is 5.82 Å². The van der Waals surface area contributed by atoms with Crippen LogP contribution in [0.2, 0.25) is 0 Å². The van der Waals surface area contributed by atoms with Crippen molar-refractivity contribution in [1.29, 1.82) is 0 Å². The summed E-state index contributed by atoms with van der Waals surface area (Å²) in [5.41, 5.74) is 4.48. The van der Waals surface area contributed by atoms with E-state index >= 15 is 0 Å². The maximum Gasteiger partial charge on any atom is 0.252 e. The van der Waals surface area contributed by atoms with Gasteiger partial charge in [0.05, 0.1) is 6.61 Å². The maximum absolute atomic E-state index is 14.5. The molecule has 5 aromatic rings. The zero-order valence-electron chi connectivity index (χ0n) is 28.3. The number of amides is 1. The molecule has 0 saturated carbocycles. The van der Waals surface area contributed by atoms with Crippen LogP contribution in [0.4, 0.5) is 4.39 Å². The number of hydrogen-bond donors (Lipinski definition) is 2. The van der Waals surface area contributed by atoms with E-state index < -0.39 is 11.6 Å². The molecule has 6 rings (SSSR count). The number of carbonyl (C=O) groups excluding carboxylic acids is 1. The fraction of sp³-hybridized carbons (Fsp3) is 0.209. The Hall–Kier alpha value is -5.18. The highest BCUT2D eigenvalue weighted by molar-refractivity contribution is 7.98. The van der Waals surface area contributed by atoms with Crippen LogP contribution >= 0.6 is 11.8 Å². The Labute approximate surface area is 303 Å². The van der Waals surface area contributed by atoms with E-state index in [1.165, 1.54) is 12.1 Å². The summed E-state index contributed by atoms with van der Waals surface area (Å²) in [5, 5.41) is 12.3. The van der Waals surface area contributed by atoms with Gasteiger partial charge in [-0.3, -0.25) is 4.79 Å².